The summed E-state index contributed by atoms with van der Waals surface area (Å²) in [4.78, 5) is 11.5. The van der Waals surface area contributed by atoms with Gasteiger partial charge in [-0.05, 0) is 6.07 Å². The Morgan fingerprint density at radius 2 is 2.44 bits per heavy atom. The van der Waals surface area contributed by atoms with E-state index in [0.717, 1.165) is 49.7 Å². The molecule has 0 spiro atoms. The van der Waals surface area contributed by atoms with E-state index < -0.39 is 0 Å². The molecule has 18 heavy (non-hydrogen) atoms. The van der Waals surface area contributed by atoms with Gasteiger partial charge >= 0.3 is 0 Å². The average Bonchev–Trinajstić information content (AvgIpc) is 2.73. The van der Waals surface area contributed by atoms with Crippen LogP contribution in [-0.4, -0.2) is 47.8 Å². The maximum Gasteiger partial charge on any atom is 0.142 e. The Morgan fingerprint density at radius 3 is 3.44 bits per heavy atom. The molecule has 0 aliphatic carbocycles. The molecule has 1 atom stereocenters. The van der Waals surface area contributed by atoms with Gasteiger partial charge < -0.3 is 20.4 Å². The molecule has 3 N–H and O–H groups in total. The van der Waals surface area contributed by atoms with Gasteiger partial charge in [-0.3, -0.25) is 0 Å². The molecule has 1 aliphatic rings. The zero-order valence-electron chi connectivity index (χ0n) is 10.1. The third-order valence-electron chi connectivity index (χ3n) is 3.12. The molecule has 1 aliphatic heterocycles. The van der Waals surface area contributed by atoms with Crippen molar-refractivity contribution in [1.82, 2.24) is 20.3 Å². The number of H-pyrrole nitrogens is 1. The number of rotatable bonds is 3. The standard InChI is InChI=1S/C12H17N5O/c1-2-14-11-10(1)12(17-8-16-11)15-6-9-5-13-3-4-18-7-9/h1-2,8-9,13H,3-7H2,(H2,14,15,16,17)/t9-/m1/s1. The van der Waals surface area contributed by atoms with Gasteiger partial charge in [0.05, 0.1) is 18.6 Å². The number of aromatic nitrogens is 3. The molecule has 3 heterocycles. The molecule has 6 nitrogen and oxygen atoms in total. The van der Waals surface area contributed by atoms with Crippen molar-refractivity contribution in [3.05, 3.63) is 18.6 Å². The van der Waals surface area contributed by atoms with Crippen LogP contribution in [0, 0.1) is 5.92 Å². The summed E-state index contributed by atoms with van der Waals surface area (Å²) in [6, 6.07) is 1.99. The summed E-state index contributed by atoms with van der Waals surface area (Å²) in [7, 11) is 0. The van der Waals surface area contributed by atoms with Crippen molar-refractivity contribution in [3.63, 3.8) is 0 Å². The number of ether oxygens (including phenoxy) is 1. The topological polar surface area (TPSA) is 74.9 Å². The summed E-state index contributed by atoms with van der Waals surface area (Å²) in [5.74, 6) is 1.35. The van der Waals surface area contributed by atoms with Gasteiger partial charge in [0.25, 0.3) is 0 Å². The maximum atomic E-state index is 5.53. The second-order valence-corrected chi connectivity index (χ2v) is 4.49. The van der Waals surface area contributed by atoms with Gasteiger partial charge in [-0.15, -0.1) is 0 Å². The minimum atomic E-state index is 0.469. The zero-order chi connectivity index (χ0) is 12.2. The molecule has 0 unspecified atom stereocenters. The van der Waals surface area contributed by atoms with Gasteiger partial charge in [-0.1, -0.05) is 0 Å². The summed E-state index contributed by atoms with van der Waals surface area (Å²) in [6.07, 6.45) is 3.45. The fourth-order valence-corrected chi connectivity index (χ4v) is 2.14. The number of nitrogens with zero attached hydrogens (tertiary/aromatic N) is 2. The van der Waals surface area contributed by atoms with Crippen LogP contribution in [0.1, 0.15) is 0 Å². The Kier molecular flexibility index (Phi) is 3.38. The highest BCUT2D eigenvalue weighted by Gasteiger charge is 2.13. The van der Waals surface area contributed by atoms with Crippen molar-refractivity contribution in [2.24, 2.45) is 5.92 Å². The lowest BCUT2D eigenvalue weighted by Crippen LogP contribution is -2.28. The zero-order valence-corrected chi connectivity index (χ0v) is 10.1. The van der Waals surface area contributed by atoms with Crippen molar-refractivity contribution in [2.75, 3.05) is 38.2 Å². The molecule has 0 bridgehead atoms. The maximum absolute atomic E-state index is 5.53. The molecule has 96 valence electrons. The SMILES string of the molecule is c1nc(NC[C@H]2CNCCOC2)c2cc[nH]c2n1. The molecule has 3 rings (SSSR count). The van der Waals surface area contributed by atoms with E-state index in [-0.39, 0.29) is 0 Å². The first-order chi connectivity index (χ1) is 8.93. The van der Waals surface area contributed by atoms with Gasteiger partial charge in [-0.2, -0.15) is 0 Å². The molecular formula is C12H17N5O. The third-order valence-corrected chi connectivity index (χ3v) is 3.12. The quantitative estimate of drug-likeness (QED) is 0.741. The summed E-state index contributed by atoms with van der Waals surface area (Å²) >= 11 is 0. The van der Waals surface area contributed by atoms with Gasteiger partial charge in [-0.25, -0.2) is 9.97 Å². The van der Waals surface area contributed by atoms with Gasteiger partial charge in [0.2, 0.25) is 0 Å². The van der Waals surface area contributed by atoms with Crippen LogP contribution in [0.25, 0.3) is 11.0 Å². The summed E-state index contributed by atoms with van der Waals surface area (Å²) in [5, 5.41) is 7.77. The van der Waals surface area contributed by atoms with Crippen molar-refractivity contribution in [3.8, 4) is 0 Å². The van der Waals surface area contributed by atoms with Gasteiger partial charge in [0, 0.05) is 31.7 Å². The molecule has 0 radical (unpaired) electrons. The van der Waals surface area contributed by atoms with Crippen molar-refractivity contribution in [1.29, 1.82) is 0 Å². The first kappa shape index (κ1) is 11.4. The largest absolute Gasteiger partial charge is 0.380 e. The van der Waals surface area contributed by atoms with E-state index in [1.54, 1.807) is 6.33 Å². The Labute approximate surface area is 105 Å². The van der Waals surface area contributed by atoms with E-state index in [9.17, 15) is 0 Å². The van der Waals surface area contributed by atoms with Crippen LogP contribution in [0.5, 0.6) is 0 Å². The Balaban J connectivity index is 1.67. The third kappa shape index (κ3) is 2.44. The summed E-state index contributed by atoms with van der Waals surface area (Å²) in [6.45, 7) is 4.36. The minimum absolute atomic E-state index is 0.469. The smallest absolute Gasteiger partial charge is 0.142 e. The lowest BCUT2D eigenvalue weighted by molar-refractivity contribution is 0.127. The monoisotopic (exact) mass is 247 g/mol. The highest BCUT2D eigenvalue weighted by atomic mass is 16.5. The van der Waals surface area contributed by atoms with Crippen molar-refractivity contribution < 1.29 is 4.74 Å². The average molecular weight is 247 g/mol. The number of anilines is 1. The summed E-state index contributed by atoms with van der Waals surface area (Å²) < 4.78 is 5.53. The molecule has 0 amide bonds. The van der Waals surface area contributed by atoms with Crippen LogP contribution in [0.15, 0.2) is 18.6 Å². The van der Waals surface area contributed by atoms with E-state index in [4.69, 9.17) is 4.74 Å². The number of nitrogens with one attached hydrogen (secondary N) is 3. The van der Waals surface area contributed by atoms with Crippen LogP contribution in [0.3, 0.4) is 0 Å². The Morgan fingerprint density at radius 1 is 1.44 bits per heavy atom. The van der Waals surface area contributed by atoms with Crippen LogP contribution in [0.4, 0.5) is 5.82 Å². The molecular weight excluding hydrogens is 230 g/mol. The van der Waals surface area contributed by atoms with E-state index in [0.29, 0.717) is 5.92 Å². The number of hydrogen-bond acceptors (Lipinski definition) is 5. The van der Waals surface area contributed by atoms with E-state index in [1.807, 2.05) is 12.3 Å². The lowest BCUT2D eigenvalue weighted by Gasteiger charge is -2.15. The first-order valence-electron chi connectivity index (χ1n) is 6.24. The van der Waals surface area contributed by atoms with E-state index in [1.165, 1.54) is 0 Å². The molecule has 1 fully saturated rings. The Hall–Kier alpha value is -1.66. The van der Waals surface area contributed by atoms with E-state index >= 15 is 0 Å². The number of aromatic amines is 1. The molecule has 1 saturated heterocycles. The fourth-order valence-electron chi connectivity index (χ4n) is 2.14. The highest BCUT2D eigenvalue weighted by Crippen LogP contribution is 2.17. The first-order valence-corrected chi connectivity index (χ1v) is 6.24. The number of fused-ring (bicyclic) bond motifs is 1. The van der Waals surface area contributed by atoms with Crippen LogP contribution >= 0.6 is 0 Å². The summed E-state index contributed by atoms with van der Waals surface area (Å²) in [5.41, 5.74) is 0.864. The molecule has 6 heteroatoms. The molecule has 2 aromatic rings. The number of hydrogen-bond donors (Lipinski definition) is 3. The van der Waals surface area contributed by atoms with E-state index in [2.05, 4.69) is 25.6 Å². The highest BCUT2D eigenvalue weighted by molar-refractivity contribution is 5.86. The lowest BCUT2D eigenvalue weighted by atomic mass is 10.1. The van der Waals surface area contributed by atoms with Crippen LogP contribution < -0.4 is 10.6 Å². The second kappa shape index (κ2) is 5.32. The second-order valence-electron chi connectivity index (χ2n) is 4.49. The van der Waals surface area contributed by atoms with Crippen LogP contribution in [0.2, 0.25) is 0 Å². The van der Waals surface area contributed by atoms with Crippen molar-refractivity contribution in [2.45, 2.75) is 0 Å². The fraction of sp³-hybridized carbons (Fsp3) is 0.500. The van der Waals surface area contributed by atoms with Gasteiger partial charge in [0.15, 0.2) is 0 Å². The predicted molar refractivity (Wildman–Crippen MR) is 69.6 cm³/mol. The molecule has 0 saturated carbocycles. The minimum Gasteiger partial charge on any atom is -0.380 e. The molecule has 2 aromatic heterocycles. The normalized spacial score (nSPS) is 20.8. The van der Waals surface area contributed by atoms with Crippen molar-refractivity contribution >= 4 is 16.9 Å². The molecule has 0 aromatic carbocycles. The van der Waals surface area contributed by atoms with Gasteiger partial charge in [0.1, 0.15) is 17.8 Å². The predicted octanol–water partition coefficient (Wildman–Crippen LogP) is 0.606. The Bertz CT molecular complexity index is 504. The van der Waals surface area contributed by atoms with Crippen LogP contribution in [-0.2, 0) is 4.74 Å².